The number of hydrogen-bond acceptors (Lipinski definition) is 1. The summed E-state index contributed by atoms with van der Waals surface area (Å²) in [5, 5.41) is 0.933. The van der Waals surface area contributed by atoms with Gasteiger partial charge in [0.15, 0.2) is 0 Å². The average molecular weight is 160 g/mol. The fourth-order valence-corrected chi connectivity index (χ4v) is 3.40. The zero-order valence-electron chi connectivity index (χ0n) is 6.96. The van der Waals surface area contributed by atoms with Crippen LogP contribution >= 0.6 is 0 Å². The van der Waals surface area contributed by atoms with Gasteiger partial charge in [0, 0.05) is 21.3 Å². The fourth-order valence-electron chi connectivity index (χ4n) is 1.53. The van der Waals surface area contributed by atoms with E-state index in [1.807, 2.05) is 0 Å². The highest BCUT2D eigenvalue weighted by Gasteiger charge is 2.31. The Hall–Kier alpha value is 0.150. The van der Waals surface area contributed by atoms with E-state index in [1.165, 1.54) is 6.42 Å². The van der Waals surface area contributed by atoms with Crippen LogP contribution < -0.4 is 0 Å². The van der Waals surface area contributed by atoms with Crippen LogP contribution in [0.3, 0.4) is 0 Å². The van der Waals surface area contributed by atoms with Crippen LogP contribution in [0.5, 0.6) is 0 Å². The highest BCUT2D eigenvalue weighted by Crippen LogP contribution is 2.27. The molecule has 0 bridgehead atoms. The van der Waals surface area contributed by atoms with E-state index < -0.39 is 10.8 Å². The minimum absolute atomic E-state index is 0.451. The van der Waals surface area contributed by atoms with Gasteiger partial charge in [0.1, 0.15) is 0 Å². The Kier molecular flexibility index (Phi) is 2.50. The smallest absolute Gasteiger partial charge is 0.0374 e. The highest BCUT2D eigenvalue weighted by atomic mass is 32.2. The van der Waals surface area contributed by atoms with Crippen molar-refractivity contribution in [3.8, 4) is 0 Å². The maximum absolute atomic E-state index is 11.5. The maximum Gasteiger partial charge on any atom is 0.0374 e. The molecule has 2 heteroatoms. The topological polar surface area (TPSA) is 17.1 Å². The summed E-state index contributed by atoms with van der Waals surface area (Å²) in [6.07, 6.45) is 2.33. The standard InChI is InChI=1S/C8H16OS/c1-6(2)8-5-4-7(3)10(8)9/h6-8H,4-5H2,1-3H3/t7-,8?,10?/m0/s1. The Balaban J connectivity index is 2.57. The van der Waals surface area contributed by atoms with E-state index in [0.29, 0.717) is 16.4 Å². The first-order chi connectivity index (χ1) is 4.63. The zero-order valence-corrected chi connectivity index (χ0v) is 7.78. The summed E-state index contributed by atoms with van der Waals surface area (Å²) in [4.78, 5) is 0. The molecule has 0 aromatic rings. The van der Waals surface area contributed by atoms with Gasteiger partial charge in [-0.2, -0.15) is 0 Å². The molecule has 1 rings (SSSR count). The van der Waals surface area contributed by atoms with E-state index in [9.17, 15) is 4.21 Å². The van der Waals surface area contributed by atoms with Gasteiger partial charge >= 0.3 is 0 Å². The molecule has 1 saturated heterocycles. The summed E-state index contributed by atoms with van der Waals surface area (Å²) in [6, 6.07) is 0. The molecular formula is C8H16OS. The SMILES string of the molecule is CC(C)C1CC[C@H](C)S1=O. The van der Waals surface area contributed by atoms with E-state index >= 15 is 0 Å². The Morgan fingerprint density at radius 2 is 2.00 bits per heavy atom. The van der Waals surface area contributed by atoms with Gasteiger partial charge in [-0.3, -0.25) is 4.21 Å². The van der Waals surface area contributed by atoms with Crippen molar-refractivity contribution in [3.63, 3.8) is 0 Å². The van der Waals surface area contributed by atoms with Crippen molar-refractivity contribution in [2.75, 3.05) is 0 Å². The molecule has 1 nitrogen and oxygen atoms in total. The quantitative estimate of drug-likeness (QED) is 0.573. The molecule has 0 saturated carbocycles. The molecule has 10 heavy (non-hydrogen) atoms. The summed E-state index contributed by atoms with van der Waals surface area (Å²) in [5.74, 6) is 0.603. The second-order valence-corrected chi connectivity index (χ2v) is 5.57. The van der Waals surface area contributed by atoms with Crippen molar-refractivity contribution < 1.29 is 4.21 Å². The third-order valence-electron chi connectivity index (χ3n) is 2.30. The van der Waals surface area contributed by atoms with Gasteiger partial charge in [0.25, 0.3) is 0 Å². The van der Waals surface area contributed by atoms with Gasteiger partial charge in [-0.05, 0) is 18.8 Å². The molecule has 60 valence electrons. The molecule has 1 aliphatic heterocycles. The van der Waals surface area contributed by atoms with Gasteiger partial charge in [0.2, 0.25) is 0 Å². The van der Waals surface area contributed by atoms with Crippen LogP contribution in [0.4, 0.5) is 0 Å². The van der Waals surface area contributed by atoms with Crippen molar-refractivity contribution in [3.05, 3.63) is 0 Å². The summed E-state index contributed by atoms with van der Waals surface area (Å²) < 4.78 is 11.5. The molecule has 0 N–H and O–H groups in total. The Labute approximate surface area is 65.7 Å². The third-order valence-corrected chi connectivity index (χ3v) is 4.70. The van der Waals surface area contributed by atoms with E-state index in [0.717, 1.165) is 6.42 Å². The van der Waals surface area contributed by atoms with Crippen molar-refractivity contribution in [2.24, 2.45) is 5.92 Å². The van der Waals surface area contributed by atoms with Crippen LogP contribution in [-0.2, 0) is 10.8 Å². The Morgan fingerprint density at radius 3 is 2.20 bits per heavy atom. The lowest BCUT2D eigenvalue weighted by molar-refractivity contribution is 0.570. The summed E-state index contributed by atoms with van der Waals surface area (Å²) in [6.45, 7) is 6.43. The van der Waals surface area contributed by atoms with Crippen LogP contribution in [-0.4, -0.2) is 14.7 Å². The summed E-state index contributed by atoms with van der Waals surface area (Å²) in [5.41, 5.74) is 0. The lowest BCUT2D eigenvalue weighted by Gasteiger charge is -2.12. The first-order valence-corrected chi connectivity index (χ1v) is 5.30. The first-order valence-electron chi connectivity index (χ1n) is 4.02. The molecule has 3 atom stereocenters. The fraction of sp³-hybridized carbons (Fsp3) is 1.00. The van der Waals surface area contributed by atoms with E-state index in [-0.39, 0.29) is 0 Å². The van der Waals surface area contributed by atoms with Crippen LogP contribution in [0.2, 0.25) is 0 Å². The minimum Gasteiger partial charge on any atom is -0.259 e. The molecule has 1 aliphatic rings. The van der Waals surface area contributed by atoms with Crippen LogP contribution in [0.15, 0.2) is 0 Å². The second-order valence-electron chi connectivity index (χ2n) is 3.50. The normalized spacial score (nSPS) is 41.0. The first kappa shape index (κ1) is 8.25. The minimum atomic E-state index is -0.535. The molecular weight excluding hydrogens is 144 g/mol. The lowest BCUT2D eigenvalue weighted by Crippen LogP contribution is -2.18. The molecule has 1 heterocycles. The lowest BCUT2D eigenvalue weighted by atomic mass is 10.1. The Morgan fingerprint density at radius 1 is 1.40 bits per heavy atom. The van der Waals surface area contributed by atoms with Crippen molar-refractivity contribution in [2.45, 2.75) is 44.1 Å². The molecule has 0 aromatic heterocycles. The molecule has 0 spiro atoms. The van der Waals surface area contributed by atoms with E-state index in [4.69, 9.17) is 0 Å². The molecule has 0 amide bonds. The third kappa shape index (κ3) is 1.42. The van der Waals surface area contributed by atoms with E-state index in [1.54, 1.807) is 0 Å². The molecule has 2 unspecified atom stereocenters. The Bertz CT molecular complexity index is 142. The van der Waals surface area contributed by atoms with Crippen molar-refractivity contribution >= 4 is 10.8 Å². The van der Waals surface area contributed by atoms with Crippen molar-refractivity contribution in [1.29, 1.82) is 0 Å². The predicted molar refractivity (Wildman–Crippen MR) is 45.5 cm³/mol. The van der Waals surface area contributed by atoms with Crippen LogP contribution in [0.1, 0.15) is 33.6 Å². The maximum atomic E-state index is 11.5. The molecule has 1 fully saturated rings. The molecule has 0 aliphatic carbocycles. The van der Waals surface area contributed by atoms with Gasteiger partial charge in [-0.25, -0.2) is 0 Å². The predicted octanol–water partition coefficient (Wildman–Crippen LogP) is 1.94. The van der Waals surface area contributed by atoms with Gasteiger partial charge in [-0.15, -0.1) is 0 Å². The average Bonchev–Trinajstić information content (AvgIpc) is 2.14. The second kappa shape index (κ2) is 3.04. The van der Waals surface area contributed by atoms with E-state index in [2.05, 4.69) is 20.8 Å². The number of rotatable bonds is 1. The van der Waals surface area contributed by atoms with Crippen LogP contribution in [0.25, 0.3) is 0 Å². The highest BCUT2D eigenvalue weighted by molar-refractivity contribution is 7.86. The summed E-state index contributed by atoms with van der Waals surface area (Å²) >= 11 is 0. The molecule has 0 radical (unpaired) electrons. The summed E-state index contributed by atoms with van der Waals surface area (Å²) in [7, 11) is -0.535. The zero-order chi connectivity index (χ0) is 7.72. The van der Waals surface area contributed by atoms with Gasteiger partial charge < -0.3 is 0 Å². The largest absolute Gasteiger partial charge is 0.259 e. The monoisotopic (exact) mass is 160 g/mol. The van der Waals surface area contributed by atoms with Gasteiger partial charge in [-0.1, -0.05) is 20.8 Å². The van der Waals surface area contributed by atoms with Gasteiger partial charge in [0.05, 0.1) is 0 Å². The van der Waals surface area contributed by atoms with Crippen molar-refractivity contribution in [1.82, 2.24) is 0 Å². The molecule has 0 aromatic carbocycles. The number of hydrogen-bond donors (Lipinski definition) is 0. The van der Waals surface area contributed by atoms with Crippen LogP contribution in [0, 0.1) is 5.92 Å².